The fraction of sp³-hybridized carbons (Fsp3) is 0.105. The number of aromatic amines is 1. The Labute approximate surface area is 164 Å². The van der Waals surface area contributed by atoms with Gasteiger partial charge in [-0.3, -0.25) is 13.9 Å². The second-order valence-corrected chi connectivity index (χ2v) is 7.84. The molecule has 4 nitrogen and oxygen atoms in total. The summed E-state index contributed by atoms with van der Waals surface area (Å²) in [5, 5.41) is 0. The Balaban J connectivity index is 2.01. The van der Waals surface area contributed by atoms with Gasteiger partial charge in [-0.2, -0.15) is 0 Å². The minimum absolute atomic E-state index is 0.157. The Hall–Kier alpha value is -2.35. The van der Waals surface area contributed by atoms with E-state index >= 15 is 0 Å². The minimum atomic E-state index is -0.157. The summed E-state index contributed by atoms with van der Waals surface area (Å²) >= 11 is 12.3. The molecule has 0 radical (unpaired) electrons. The van der Waals surface area contributed by atoms with E-state index < -0.39 is 0 Å². The fourth-order valence-corrected chi connectivity index (χ4v) is 4.52. The van der Waals surface area contributed by atoms with Crippen LogP contribution in [0.3, 0.4) is 0 Å². The normalized spacial score (nSPS) is 11.1. The first-order valence-electron chi connectivity index (χ1n) is 8.15. The van der Waals surface area contributed by atoms with Crippen molar-refractivity contribution in [2.45, 2.75) is 13.3 Å². The summed E-state index contributed by atoms with van der Waals surface area (Å²) in [6.07, 6.45) is 0.973. The summed E-state index contributed by atoms with van der Waals surface area (Å²) < 4.78 is 4.90. The molecule has 0 aliphatic heterocycles. The van der Waals surface area contributed by atoms with Crippen molar-refractivity contribution in [2.75, 3.05) is 0 Å². The number of para-hydroxylation sites is 1. The first-order valence-corrected chi connectivity index (χ1v) is 9.79. The summed E-state index contributed by atoms with van der Waals surface area (Å²) in [4.78, 5) is 16.3. The average molecular weight is 398 g/mol. The molecule has 0 unspecified atom stereocenters. The maximum atomic E-state index is 13.1. The lowest BCUT2D eigenvalue weighted by molar-refractivity contribution is 0.927. The highest BCUT2D eigenvalue weighted by molar-refractivity contribution is 7.73. The van der Waals surface area contributed by atoms with E-state index in [1.54, 1.807) is 0 Å². The Bertz CT molecular complexity index is 1260. The van der Waals surface area contributed by atoms with Crippen molar-refractivity contribution >= 4 is 46.1 Å². The van der Waals surface area contributed by atoms with Crippen molar-refractivity contribution < 1.29 is 0 Å². The van der Waals surface area contributed by atoms with Crippen LogP contribution in [0.5, 0.6) is 0 Å². The lowest BCUT2D eigenvalue weighted by Gasteiger charge is -2.08. The van der Waals surface area contributed by atoms with Gasteiger partial charge >= 0.3 is 0 Å². The number of aromatic nitrogens is 3. The monoisotopic (exact) mass is 397 g/mol. The zero-order valence-electron chi connectivity index (χ0n) is 13.9. The van der Waals surface area contributed by atoms with Crippen molar-refractivity contribution in [2.24, 2.45) is 0 Å². The molecule has 0 amide bonds. The second kappa shape index (κ2) is 6.75. The summed E-state index contributed by atoms with van der Waals surface area (Å²) in [7, 11) is 0. The van der Waals surface area contributed by atoms with E-state index in [0.29, 0.717) is 19.1 Å². The van der Waals surface area contributed by atoms with Crippen LogP contribution in [0, 0.1) is 8.73 Å². The highest BCUT2D eigenvalue weighted by atomic mass is 32.1. The van der Waals surface area contributed by atoms with E-state index in [9.17, 15) is 4.79 Å². The molecule has 26 heavy (non-hydrogen) atoms. The summed E-state index contributed by atoms with van der Waals surface area (Å²) in [5.74, 6) is 0. The molecule has 2 aromatic carbocycles. The van der Waals surface area contributed by atoms with Crippen molar-refractivity contribution in [1.29, 1.82) is 0 Å². The smallest absolute Gasteiger partial charge is 0.278 e. The van der Waals surface area contributed by atoms with Crippen molar-refractivity contribution in [1.82, 2.24) is 14.1 Å². The Kier molecular flexibility index (Phi) is 4.44. The number of fused-ring (bicyclic) bond motifs is 1. The van der Waals surface area contributed by atoms with Crippen LogP contribution in [0.25, 0.3) is 21.7 Å². The molecule has 0 fully saturated rings. The molecule has 0 atom stereocenters. The van der Waals surface area contributed by atoms with E-state index in [1.807, 2.05) is 47.0 Å². The minimum Gasteiger partial charge on any atom is -0.316 e. The molecule has 0 aliphatic carbocycles. The number of rotatable bonds is 3. The van der Waals surface area contributed by atoms with Gasteiger partial charge in [0.15, 0.2) is 8.73 Å². The zero-order chi connectivity index (χ0) is 18.3. The highest BCUT2D eigenvalue weighted by Crippen LogP contribution is 2.24. The standard InChI is InChI=1S/C19H15N3OS3/c1-2-12-8-10-14(11-9-12)21-16-15(26-19(21)25)17(23)22(18(24)20-16)13-6-4-3-5-7-13/h3-11H,2H2,1H3,(H,20,24). The lowest BCUT2D eigenvalue weighted by Crippen LogP contribution is -2.20. The molecule has 1 N–H and O–H groups in total. The van der Waals surface area contributed by atoms with Gasteiger partial charge in [0.1, 0.15) is 10.3 Å². The molecule has 7 heteroatoms. The number of thiazole rings is 1. The summed E-state index contributed by atoms with van der Waals surface area (Å²) in [6, 6.07) is 17.5. The molecule has 2 aromatic heterocycles. The van der Waals surface area contributed by atoms with Gasteiger partial charge in [0.2, 0.25) is 0 Å². The first kappa shape index (κ1) is 17.1. The SMILES string of the molecule is CCc1ccc(-n2c(=S)sc3c(=O)n(-c4ccccc4)c(=S)[nH]c32)cc1. The average Bonchev–Trinajstić information content (AvgIpc) is 2.99. The number of aryl methyl sites for hydroxylation is 1. The molecule has 0 bridgehead atoms. The lowest BCUT2D eigenvalue weighted by atomic mass is 10.1. The van der Waals surface area contributed by atoms with E-state index in [2.05, 4.69) is 24.0 Å². The van der Waals surface area contributed by atoms with Gasteiger partial charge in [-0.15, -0.1) is 0 Å². The van der Waals surface area contributed by atoms with Gasteiger partial charge in [0, 0.05) is 5.69 Å². The number of hydrogen-bond donors (Lipinski definition) is 1. The molecule has 2 heterocycles. The summed E-state index contributed by atoms with van der Waals surface area (Å²) in [5.41, 5.74) is 3.39. The Morgan fingerprint density at radius 2 is 1.62 bits per heavy atom. The molecular formula is C19H15N3OS3. The van der Waals surface area contributed by atoms with Crippen LogP contribution >= 0.6 is 35.8 Å². The maximum absolute atomic E-state index is 13.1. The number of nitrogens with one attached hydrogen (secondary N) is 1. The first-order chi connectivity index (χ1) is 12.6. The van der Waals surface area contributed by atoms with Gasteiger partial charge in [-0.05, 0) is 60.7 Å². The van der Waals surface area contributed by atoms with Gasteiger partial charge in [-0.25, -0.2) is 0 Å². The fourth-order valence-electron chi connectivity index (χ4n) is 2.91. The van der Waals surface area contributed by atoms with Crippen molar-refractivity contribution in [3.05, 3.63) is 79.2 Å². The van der Waals surface area contributed by atoms with Crippen LogP contribution in [-0.2, 0) is 6.42 Å². The molecular weight excluding hydrogens is 382 g/mol. The zero-order valence-corrected chi connectivity index (χ0v) is 16.4. The Morgan fingerprint density at radius 1 is 0.962 bits per heavy atom. The van der Waals surface area contributed by atoms with Crippen LogP contribution in [0.2, 0.25) is 0 Å². The van der Waals surface area contributed by atoms with E-state index in [0.717, 1.165) is 17.8 Å². The van der Waals surface area contributed by atoms with Crippen LogP contribution in [0.15, 0.2) is 59.4 Å². The third kappa shape index (κ3) is 2.78. The molecule has 0 saturated carbocycles. The molecule has 130 valence electrons. The Morgan fingerprint density at radius 3 is 2.27 bits per heavy atom. The van der Waals surface area contributed by atoms with Crippen LogP contribution in [0.4, 0.5) is 0 Å². The third-order valence-corrected chi connectivity index (χ3v) is 5.90. The quantitative estimate of drug-likeness (QED) is 0.484. The molecule has 4 rings (SSSR count). The van der Waals surface area contributed by atoms with E-state index in [4.69, 9.17) is 24.4 Å². The molecule has 0 aliphatic rings. The topological polar surface area (TPSA) is 42.7 Å². The predicted molar refractivity (Wildman–Crippen MR) is 112 cm³/mol. The second-order valence-electron chi connectivity index (χ2n) is 5.81. The van der Waals surface area contributed by atoms with Gasteiger partial charge < -0.3 is 4.98 Å². The highest BCUT2D eigenvalue weighted by Gasteiger charge is 2.14. The number of benzene rings is 2. The van der Waals surface area contributed by atoms with Crippen molar-refractivity contribution in [3.63, 3.8) is 0 Å². The molecule has 0 saturated heterocycles. The van der Waals surface area contributed by atoms with Crippen LogP contribution in [-0.4, -0.2) is 14.1 Å². The van der Waals surface area contributed by atoms with Gasteiger partial charge in [0.05, 0.1) is 5.69 Å². The van der Waals surface area contributed by atoms with Crippen molar-refractivity contribution in [3.8, 4) is 11.4 Å². The summed E-state index contributed by atoms with van der Waals surface area (Å²) in [6.45, 7) is 2.12. The van der Waals surface area contributed by atoms with E-state index in [1.165, 1.54) is 21.5 Å². The number of H-pyrrole nitrogens is 1. The number of hydrogen-bond acceptors (Lipinski definition) is 4. The third-order valence-electron chi connectivity index (χ3n) is 4.25. The largest absolute Gasteiger partial charge is 0.316 e. The maximum Gasteiger partial charge on any atom is 0.278 e. The number of nitrogens with zero attached hydrogens (tertiary/aromatic N) is 2. The molecule has 4 aromatic rings. The van der Waals surface area contributed by atoms with Crippen LogP contribution in [0.1, 0.15) is 12.5 Å². The van der Waals surface area contributed by atoms with Crippen LogP contribution < -0.4 is 5.56 Å². The van der Waals surface area contributed by atoms with Gasteiger partial charge in [0.25, 0.3) is 5.56 Å². The predicted octanol–water partition coefficient (Wildman–Crippen LogP) is 5.19. The molecule has 0 spiro atoms. The van der Waals surface area contributed by atoms with E-state index in [-0.39, 0.29) is 5.56 Å². The van der Waals surface area contributed by atoms with Gasteiger partial charge in [-0.1, -0.05) is 48.6 Å².